The molecule has 0 atom stereocenters. The lowest BCUT2D eigenvalue weighted by Crippen LogP contribution is -2.24. The minimum absolute atomic E-state index is 0.230. The van der Waals surface area contributed by atoms with Gasteiger partial charge in [-0.1, -0.05) is 62.2 Å². The second-order valence-electron chi connectivity index (χ2n) is 8.62. The predicted octanol–water partition coefficient (Wildman–Crippen LogP) is 7.93. The van der Waals surface area contributed by atoms with E-state index in [4.69, 9.17) is 4.98 Å². The summed E-state index contributed by atoms with van der Waals surface area (Å²) in [6, 6.07) is 27.5. The van der Waals surface area contributed by atoms with Gasteiger partial charge in [-0.15, -0.1) is 0 Å². The number of fused-ring (bicyclic) bond motifs is 2. The molecule has 2 aromatic heterocycles. The highest BCUT2D eigenvalue weighted by Gasteiger charge is 2.37. The van der Waals surface area contributed by atoms with Gasteiger partial charge >= 0.3 is 0 Å². The Morgan fingerprint density at radius 2 is 1.16 bits per heavy atom. The number of nitrogens with zero attached hydrogens (tertiary/aromatic N) is 2. The first-order valence-corrected chi connectivity index (χ1v) is 13.3. The zero-order chi connectivity index (χ0) is 26.2. The summed E-state index contributed by atoms with van der Waals surface area (Å²) in [5.74, 6) is -0.124. The van der Waals surface area contributed by atoms with Gasteiger partial charge in [-0.05, 0) is 60.7 Å². The third-order valence-electron chi connectivity index (χ3n) is 6.20. The Balaban J connectivity index is 1.64. The second kappa shape index (κ2) is 9.96. The van der Waals surface area contributed by atoms with Crippen molar-refractivity contribution < 1.29 is 9.59 Å². The summed E-state index contributed by atoms with van der Waals surface area (Å²) in [5, 5.41) is 6.73. The number of carbonyl (C=O) groups excluding carboxylic acids is 2. The highest BCUT2D eigenvalue weighted by Crippen LogP contribution is 2.42. The Morgan fingerprint density at radius 3 is 1.74 bits per heavy atom. The van der Waals surface area contributed by atoms with Gasteiger partial charge in [0.25, 0.3) is 0 Å². The molecule has 38 heavy (non-hydrogen) atoms. The average molecular weight is 626 g/mol. The zero-order valence-electron chi connectivity index (χ0n) is 19.7. The molecule has 2 heterocycles. The van der Waals surface area contributed by atoms with Crippen LogP contribution in [0.15, 0.2) is 106 Å². The van der Waals surface area contributed by atoms with Crippen molar-refractivity contribution >= 4 is 66.3 Å². The number of rotatable bonds is 5. The summed E-state index contributed by atoms with van der Waals surface area (Å²) in [6.45, 7) is 0. The Hall–Kier alpha value is -4.14. The molecule has 3 aromatic carbocycles. The third kappa shape index (κ3) is 4.42. The fraction of sp³-hybridized carbons (Fsp3) is 0. The molecule has 0 radical (unpaired) electrons. The van der Waals surface area contributed by atoms with Crippen molar-refractivity contribution in [2.24, 2.45) is 0 Å². The first-order valence-electron chi connectivity index (χ1n) is 11.7. The van der Waals surface area contributed by atoms with Crippen molar-refractivity contribution in [2.45, 2.75) is 0 Å². The third-order valence-corrected chi connectivity index (χ3v) is 7.25. The summed E-state index contributed by atoms with van der Waals surface area (Å²) in [5.41, 5.74) is 3.96. The number of aromatic nitrogens is 2. The first kappa shape index (κ1) is 24.2. The fourth-order valence-electron chi connectivity index (χ4n) is 4.43. The zero-order valence-corrected chi connectivity index (χ0v) is 22.9. The molecule has 0 saturated carbocycles. The normalized spacial score (nSPS) is 12.1. The van der Waals surface area contributed by atoms with E-state index in [1.165, 1.54) is 0 Å². The number of benzene rings is 3. The molecular formula is C30H18Br2N4O2. The number of hydrogen-bond donors (Lipinski definition) is 2. The van der Waals surface area contributed by atoms with E-state index in [0.29, 0.717) is 34.0 Å². The SMILES string of the molecule is O=C1c2ccccc2C(=O)c2c(Nc3ccc(Br)cc3)c(Nc3ccc(Br)cc3)nc(-c3ccccn3)c21. The number of pyridine rings is 2. The quantitative estimate of drug-likeness (QED) is 0.202. The summed E-state index contributed by atoms with van der Waals surface area (Å²) < 4.78 is 1.85. The van der Waals surface area contributed by atoms with Crippen LogP contribution in [0.5, 0.6) is 0 Å². The van der Waals surface area contributed by atoms with Crippen molar-refractivity contribution in [1.29, 1.82) is 0 Å². The Morgan fingerprint density at radius 1 is 0.605 bits per heavy atom. The van der Waals surface area contributed by atoms with Crippen LogP contribution in [-0.4, -0.2) is 21.5 Å². The van der Waals surface area contributed by atoms with Crippen LogP contribution >= 0.6 is 31.9 Å². The minimum Gasteiger partial charge on any atom is -0.352 e. The van der Waals surface area contributed by atoms with Crippen LogP contribution in [0.25, 0.3) is 11.4 Å². The fourth-order valence-corrected chi connectivity index (χ4v) is 4.96. The van der Waals surface area contributed by atoms with E-state index < -0.39 is 0 Å². The molecule has 2 N–H and O–H groups in total. The van der Waals surface area contributed by atoms with Gasteiger partial charge in [-0.25, -0.2) is 4.98 Å². The maximum absolute atomic E-state index is 14.1. The highest BCUT2D eigenvalue weighted by atomic mass is 79.9. The molecule has 184 valence electrons. The molecule has 1 aliphatic carbocycles. The Kier molecular flexibility index (Phi) is 6.35. The van der Waals surface area contributed by atoms with Gasteiger partial charge in [0.05, 0.1) is 22.5 Å². The van der Waals surface area contributed by atoms with E-state index in [2.05, 4.69) is 47.5 Å². The van der Waals surface area contributed by atoms with Crippen molar-refractivity contribution in [2.75, 3.05) is 10.6 Å². The molecule has 0 amide bonds. The number of hydrogen-bond acceptors (Lipinski definition) is 6. The van der Waals surface area contributed by atoms with Crippen LogP contribution in [-0.2, 0) is 0 Å². The monoisotopic (exact) mass is 624 g/mol. The summed E-state index contributed by atoms with van der Waals surface area (Å²) in [4.78, 5) is 37.4. The van der Waals surface area contributed by atoms with Crippen LogP contribution < -0.4 is 10.6 Å². The number of ketones is 2. The van der Waals surface area contributed by atoms with Crippen molar-refractivity contribution in [3.8, 4) is 11.4 Å². The standard InChI is InChI=1S/C30H18Br2N4O2/c31-17-8-12-19(13-9-17)34-27-25-24(28(37)21-5-1-2-6-22(21)29(25)38)26(23-7-3-4-16-33-23)36-30(27)35-20-14-10-18(32)11-15-20/h1-16,34H,(H,35,36). The Labute approximate surface area is 235 Å². The highest BCUT2D eigenvalue weighted by molar-refractivity contribution is 9.10. The molecule has 5 aromatic rings. The van der Waals surface area contributed by atoms with E-state index in [1.54, 1.807) is 42.6 Å². The Bertz CT molecular complexity index is 1700. The van der Waals surface area contributed by atoms with Gasteiger partial charge in [0.1, 0.15) is 5.69 Å². The summed E-state index contributed by atoms with van der Waals surface area (Å²) >= 11 is 6.93. The topological polar surface area (TPSA) is 84.0 Å². The number of halogens is 2. The predicted molar refractivity (Wildman–Crippen MR) is 156 cm³/mol. The molecular weight excluding hydrogens is 608 g/mol. The molecule has 0 bridgehead atoms. The van der Waals surface area contributed by atoms with E-state index in [-0.39, 0.29) is 22.7 Å². The van der Waals surface area contributed by atoms with Gasteiger partial charge in [0.15, 0.2) is 17.4 Å². The molecule has 6 rings (SSSR count). The summed E-state index contributed by atoms with van der Waals surface area (Å²) in [6.07, 6.45) is 1.64. The molecule has 0 spiro atoms. The largest absolute Gasteiger partial charge is 0.352 e. The second-order valence-corrected chi connectivity index (χ2v) is 10.4. The van der Waals surface area contributed by atoms with Crippen molar-refractivity contribution in [1.82, 2.24) is 9.97 Å². The first-order chi connectivity index (χ1) is 18.5. The number of anilines is 4. The van der Waals surface area contributed by atoms with Crippen LogP contribution in [0.2, 0.25) is 0 Å². The lowest BCUT2D eigenvalue weighted by Gasteiger charge is -2.25. The number of carbonyl (C=O) groups is 2. The van der Waals surface area contributed by atoms with Crippen molar-refractivity contribution in [3.05, 3.63) is 128 Å². The van der Waals surface area contributed by atoms with E-state index >= 15 is 0 Å². The maximum Gasteiger partial charge on any atom is 0.196 e. The van der Waals surface area contributed by atoms with E-state index in [0.717, 1.165) is 20.3 Å². The van der Waals surface area contributed by atoms with Crippen LogP contribution in [0, 0.1) is 0 Å². The lowest BCUT2D eigenvalue weighted by atomic mass is 9.82. The molecule has 6 nitrogen and oxygen atoms in total. The molecule has 0 aliphatic heterocycles. The molecule has 0 saturated heterocycles. The van der Waals surface area contributed by atoms with Crippen LogP contribution in [0.3, 0.4) is 0 Å². The molecule has 1 aliphatic rings. The molecule has 8 heteroatoms. The lowest BCUT2D eigenvalue weighted by molar-refractivity contribution is 0.0980. The molecule has 0 unspecified atom stereocenters. The summed E-state index contributed by atoms with van der Waals surface area (Å²) in [7, 11) is 0. The minimum atomic E-state index is -0.266. The van der Waals surface area contributed by atoms with Crippen molar-refractivity contribution in [3.63, 3.8) is 0 Å². The number of nitrogens with one attached hydrogen (secondary N) is 2. The molecule has 0 fully saturated rings. The maximum atomic E-state index is 14.1. The smallest absolute Gasteiger partial charge is 0.196 e. The van der Waals surface area contributed by atoms with Gasteiger partial charge in [0, 0.05) is 37.6 Å². The van der Waals surface area contributed by atoms with E-state index in [9.17, 15) is 9.59 Å². The van der Waals surface area contributed by atoms with Gasteiger partial charge in [-0.2, -0.15) is 0 Å². The van der Waals surface area contributed by atoms with Gasteiger partial charge in [-0.3, -0.25) is 14.6 Å². The van der Waals surface area contributed by atoms with Gasteiger partial charge in [0.2, 0.25) is 0 Å². The van der Waals surface area contributed by atoms with Crippen LogP contribution in [0.4, 0.5) is 22.9 Å². The van der Waals surface area contributed by atoms with Crippen LogP contribution in [0.1, 0.15) is 31.8 Å². The average Bonchev–Trinajstić information content (AvgIpc) is 2.95. The van der Waals surface area contributed by atoms with Gasteiger partial charge < -0.3 is 10.6 Å². The van der Waals surface area contributed by atoms with E-state index in [1.807, 2.05) is 54.6 Å².